The van der Waals surface area contributed by atoms with Gasteiger partial charge in [-0.25, -0.2) is 4.79 Å². The molecule has 1 saturated carbocycles. The lowest BCUT2D eigenvalue weighted by Gasteiger charge is -2.44. The van der Waals surface area contributed by atoms with E-state index in [0.29, 0.717) is 6.54 Å². The van der Waals surface area contributed by atoms with Crippen molar-refractivity contribution in [3.8, 4) is 0 Å². The smallest absolute Gasteiger partial charge is 0.326 e. The lowest BCUT2D eigenvalue weighted by atomic mass is 9.76. The Balaban J connectivity index is 1.76. The van der Waals surface area contributed by atoms with Crippen molar-refractivity contribution >= 4 is 11.9 Å². The normalized spacial score (nSPS) is 33.7. The van der Waals surface area contributed by atoms with Crippen LogP contribution in [0.3, 0.4) is 0 Å². The molecule has 0 radical (unpaired) electrons. The number of nitrogens with one attached hydrogen (secondary N) is 1. The van der Waals surface area contributed by atoms with E-state index in [1.54, 1.807) is 4.90 Å². The van der Waals surface area contributed by atoms with E-state index in [2.05, 4.69) is 5.32 Å². The molecule has 21 heavy (non-hydrogen) atoms. The van der Waals surface area contributed by atoms with Crippen LogP contribution in [0.2, 0.25) is 0 Å². The molecule has 2 N–H and O–H groups in total. The van der Waals surface area contributed by atoms with Gasteiger partial charge in [-0.2, -0.15) is 0 Å². The average Bonchev–Trinajstić information content (AvgIpc) is 3.10. The number of hydrogen-bond acceptors (Lipinski definition) is 3. The van der Waals surface area contributed by atoms with Gasteiger partial charge in [-0.15, -0.1) is 0 Å². The van der Waals surface area contributed by atoms with Crippen LogP contribution in [0.25, 0.3) is 0 Å². The van der Waals surface area contributed by atoms with Gasteiger partial charge in [0.25, 0.3) is 0 Å². The zero-order chi connectivity index (χ0) is 15.3. The van der Waals surface area contributed by atoms with Gasteiger partial charge in [0.05, 0.1) is 0 Å². The molecule has 0 bridgehead atoms. The molecular formula is C16H26N2O3. The van der Waals surface area contributed by atoms with Crippen molar-refractivity contribution in [3.63, 3.8) is 0 Å². The largest absolute Gasteiger partial charge is 0.480 e. The van der Waals surface area contributed by atoms with Crippen molar-refractivity contribution in [1.29, 1.82) is 0 Å². The first-order valence-electron chi connectivity index (χ1n) is 8.11. The summed E-state index contributed by atoms with van der Waals surface area (Å²) in [6.07, 6.45) is 4.84. The fourth-order valence-corrected chi connectivity index (χ4v) is 4.47. The summed E-state index contributed by atoms with van der Waals surface area (Å²) in [6, 6.07) is -0.668. The summed E-state index contributed by atoms with van der Waals surface area (Å²) in [6.45, 7) is 6.51. The number of likely N-dealkylation sites (tertiary alicyclic amines) is 1. The van der Waals surface area contributed by atoms with Gasteiger partial charge in [-0.1, -0.05) is 13.8 Å². The van der Waals surface area contributed by atoms with Crippen LogP contribution in [0.4, 0.5) is 0 Å². The molecule has 1 aliphatic carbocycles. The van der Waals surface area contributed by atoms with Crippen LogP contribution in [-0.2, 0) is 9.59 Å². The first kappa shape index (κ1) is 14.8. The van der Waals surface area contributed by atoms with E-state index < -0.39 is 12.0 Å². The van der Waals surface area contributed by atoms with Crippen molar-refractivity contribution in [2.75, 3.05) is 19.6 Å². The first-order chi connectivity index (χ1) is 9.87. The Bertz CT molecular complexity index is 454. The van der Waals surface area contributed by atoms with Gasteiger partial charge in [0.1, 0.15) is 6.04 Å². The van der Waals surface area contributed by atoms with Crippen molar-refractivity contribution < 1.29 is 14.7 Å². The summed E-state index contributed by atoms with van der Waals surface area (Å²) < 4.78 is 0. The number of carboxylic acid groups (broad SMARTS) is 1. The number of nitrogens with zero attached hydrogens (tertiary/aromatic N) is 1. The highest BCUT2D eigenvalue weighted by molar-refractivity contribution is 5.88. The van der Waals surface area contributed by atoms with E-state index >= 15 is 0 Å². The van der Waals surface area contributed by atoms with Crippen molar-refractivity contribution in [1.82, 2.24) is 10.2 Å². The molecular weight excluding hydrogens is 268 g/mol. The Kier molecular flexibility index (Phi) is 3.51. The number of hydrogen-bond donors (Lipinski definition) is 2. The number of amides is 1. The number of rotatable bonds is 2. The second-order valence-electron chi connectivity index (χ2n) is 7.73. The highest BCUT2D eigenvalue weighted by atomic mass is 16.4. The molecule has 0 aromatic heterocycles. The SMILES string of the molecule is CC1(C)CCCN(C(=O)C2CC23CCNCC3)C1C(=O)O. The Morgan fingerprint density at radius 3 is 2.48 bits per heavy atom. The van der Waals surface area contributed by atoms with Gasteiger partial charge in [0, 0.05) is 12.5 Å². The molecule has 2 aliphatic heterocycles. The molecule has 5 heteroatoms. The lowest BCUT2D eigenvalue weighted by molar-refractivity contribution is -0.160. The fraction of sp³-hybridized carbons (Fsp3) is 0.875. The number of carboxylic acids is 1. The summed E-state index contributed by atoms with van der Waals surface area (Å²) in [4.78, 5) is 26.2. The third kappa shape index (κ3) is 2.45. The fourth-order valence-electron chi connectivity index (χ4n) is 4.47. The van der Waals surface area contributed by atoms with Crippen LogP contribution in [-0.4, -0.2) is 47.6 Å². The van der Waals surface area contributed by atoms with E-state index in [-0.39, 0.29) is 22.7 Å². The third-order valence-corrected chi connectivity index (χ3v) is 5.88. The summed E-state index contributed by atoms with van der Waals surface area (Å²) in [7, 11) is 0. The number of piperidine rings is 2. The molecule has 3 rings (SSSR count). The average molecular weight is 294 g/mol. The molecule has 1 spiro atoms. The topological polar surface area (TPSA) is 69.6 Å². The second-order valence-corrected chi connectivity index (χ2v) is 7.73. The van der Waals surface area contributed by atoms with E-state index in [1.807, 2.05) is 13.8 Å². The minimum atomic E-state index is -0.854. The standard InChI is InChI=1S/C16H26N2O3/c1-15(2)4-3-9-18(12(15)14(20)21)13(19)11-10-16(11)5-7-17-8-6-16/h11-12,17H,3-10H2,1-2H3,(H,20,21). The molecule has 5 nitrogen and oxygen atoms in total. The van der Waals surface area contributed by atoms with Gasteiger partial charge in [-0.3, -0.25) is 4.79 Å². The second kappa shape index (κ2) is 4.97. The molecule has 0 aromatic carbocycles. The molecule has 118 valence electrons. The first-order valence-corrected chi connectivity index (χ1v) is 8.11. The number of carbonyl (C=O) groups excluding carboxylic acids is 1. The maximum atomic E-state index is 12.9. The van der Waals surface area contributed by atoms with Crippen molar-refractivity contribution in [3.05, 3.63) is 0 Å². The van der Waals surface area contributed by atoms with Crippen LogP contribution < -0.4 is 5.32 Å². The molecule has 0 aromatic rings. The van der Waals surface area contributed by atoms with Gasteiger partial charge in [-0.05, 0) is 56.0 Å². The Labute approximate surface area is 126 Å². The summed E-state index contributed by atoms with van der Waals surface area (Å²) >= 11 is 0. The maximum Gasteiger partial charge on any atom is 0.326 e. The number of aliphatic carboxylic acids is 1. The summed E-state index contributed by atoms with van der Waals surface area (Å²) in [5.74, 6) is -0.694. The van der Waals surface area contributed by atoms with E-state index in [9.17, 15) is 14.7 Å². The highest BCUT2D eigenvalue weighted by Crippen LogP contribution is 2.59. The highest BCUT2D eigenvalue weighted by Gasteiger charge is 2.60. The molecule has 3 fully saturated rings. The quantitative estimate of drug-likeness (QED) is 0.809. The van der Waals surface area contributed by atoms with Crippen molar-refractivity contribution in [2.24, 2.45) is 16.7 Å². The number of carbonyl (C=O) groups is 2. The molecule has 2 saturated heterocycles. The maximum absolute atomic E-state index is 12.9. The van der Waals surface area contributed by atoms with Gasteiger partial charge < -0.3 is 15.3 Å². The zero-order valence-corrected chi connectivity index (χ0v) is 13.0. The Morgan fingerprint density at radius 2 is 1.86 bits per heavy atom. The lowest BCUT2D eigenvalue weighted by Crippen LogP contribution is -2.57. The van der Waals surface area contributed by atoms with Gasteiger partial charge in [0.15, 0.2) is 0 Å². The molecule has 2 heterocycles. The van der Waals surface area contributed by atoms with Crippen LogP contribution >= 0.6 is 0 Å². The molecule has 1 amide bonds. The van der Waals surface area contributed by atoms with Gasteiger partial charge in [0.2, 0.25) is 5.91 Å². The van der Waals surface area contributed by atoms with Crippen LogP contribution in [0.5, 0.6) is 0 Å². The predicted molar refractivity (Wildman–Crippen MR) is 78.8 cm³/mol. The van der Waals surface area contributed by atoms with E-state index in [0.717, 1.165) is 45.2 Å². The minimum Gasteiger partial charge on any atom is -0.480 e. The van der Waals surface area contributed by atoms with E-state index in [4.69, 9.17) is 0 Å². The summed E-state index contributed by atoms with van der Waals surface area (Å²) in [5, 5.41) is 12.9. The van der Waals surface area contributed by atoms with Crippen LogP contribution in [0.1, 0.15) is 46.0 Å². The zero-order valence-electron chi connectivity index (χ0n) is 13.0. The molecule has 3 aliphatic rings. The Morgan fingerprint density at radius 1 is 1.19 bits per heavy atom. The van der Waals surface area contributed by atoms with Crippen LogP contribution in [0.15, 0.2) is 0 Å². The van der Waals surface area contributed by atoms with Crippen molar-refractivity contribution in [2.45, 2.75) is 52.0 Å². The molecule has 2 unspecified atom stereocenters. The predicted octanol–water partition coefficient (Wildman–Crippen LogP) is 1.48. The molecule has 2 atom stereocenters. The minimum absolute atomic E-state index is 0.0651. The Hall–Kier alpha value is -1.10. The third-order valence-electron chi connectivity index (χ3n) is 5.88. The van der Waals surface area contributed by atoms with Gasteiger partial charge >= 0.3 is 5.97 Å². The van der Waals surface area contributed by atoms with E-state index in [1.165, 1.54) is 0 Å². The van der Waals surface area contributed by atoms with Crippen LogP contribution in [0, 0.1) is 16.7 Å². The summed E-state index contributed by atoms with van der Waals surface area (Å²) in [5.41, 5.74) is -0.164. The monoisotopic (exact) mass is 294 g/mol.